The average molecular weight is 522 g/mol. The van der Waals surface area contributed by atoms with E-state index in [0.717, 1.165) is 21.7 Å². The van der Waals surface area contributed by atoms with E-state index in [9.17, 15) is 14.7 Å². The summed E-state index contributed by atoms with van der Waals surface area (Å²) in [4.78, 5) is 38.3. The minimum atomic E-state index is -1.07. The standard InChI is InChI=1S/C27H31N5O4S/c1-14(2)22(21-10-15(3)31-36-21)25(34)32-12-19(33)11-20(32)24-29-26(35)27(5,30-24)18-8-6-17(7-9-18)23-16(4)28-13-37-23/h6-10,13-14,19-20,22,33H,11-12H2,1-5H3,(H,29,30,35). The van der Waals surface area contributed by atoms with Gasteiger partial charge in [0.2, 0.25) is 5.91 Å². The van der Waals surface area contributed by atoms with Gasteiger partial charge in [0.1, 0.15) is 23.1 Å². The Bertz CT molecular complexity index is 1360. The number of hydrogen-bond acceptors (Lipinski definition) is 8. The van der Waals surface area contributed by atoms with Crippen molar-refractivity contribution in [2.24, 2.45) is 10.9 Å². The molecule has 0 radical (unpaired) electrons. The first-order valence-electron chi connectivity index (χ1n) is 12.4. The third kappa shape index (κ3) is 4.48. The molecule has 37 heavy (non-hydrogen) atoms. The number of nitrogens with zero attached hydrogens (tertiary/aromatic N) is 4. The zero-order valence-corrected chi connectivity index (χ0v) is 22.4. The van der Waals surface area contributed by atoms with Crippen LogP contribution in [0.4, 0.5) is 0 Å². The first kappa shape index (κ1) is 25.3. The van der Waals surface area contributed by atoms with Crippen LogP contribution in [-0.4, -0.2) is 56.5 Å². The van der Waals surface area contributed by atoms with Crippen LogP contribution in [0.25, 0.3) is 10.4 Å². The summed E-state index contributed by atoms with van der Waals surface area (Å²) in [5.74, 6) is -0.218. The molecule has 4 atom stereocenters. The fourth-order valence-corrected chi connectivity index (χ4v) is 6.02. The Hall–Kier alpha value is -3.37. The Labute approximate surface area is 219 Å². The van der Waals surface area contributed by atoms with Gasteiger partial charge >= 0.3 is 0 Å². The van der Waals surface area contributed by atoms with Gasteiger partial charge < -0.3 is 19.8 Å². The smallest absolute Gasteiger partial charge is 0.277 e. The van der Waals surface area contributed by atoms with Crippen LogP contribution in [0.5, 0.6) is 0 Å². The van der Waals surface area contributed by atoms with Gasteiger partial charge in [0.05, 0.1) is 33.9 Å². The van der Waals surface area contributed by atoms with Crippen LogP contribution in [0, 0.1) is 19.8 Å². The summed E-state index contributed by atoms with van der Waals surface area (Å²) in [7, 11) is 0. The van der Waals surface area contributed by atoms with Crippen molar-refractivity contribution in [1.82, 2.24) is 20.4 Å². The van der Waals surface area contributed by atoms with Gasteiger partial charge in [0.25, 0.3) is 5.91 Å². The van der Waals surface area contributed by atoms with Crippen LogP contribution >= 0.6 is 11.3 Å². The van der Waals surface area contributed by atoms with E-state index < -0.39 is 23.6 Å². The minimum absolute atomic E-state index is 0.0516. The van der Waals surface area contributed by atoms with Gasteiger partial charge in [-0.15, -0.1) is 11.3 Å². The predicted octanol–water partition coefficient (Wildman–Crippen LogP) is 3.56. The molecule has 0 aliphatic carbocycles. The maximum Gasteiger partial charge on any atom is 0.277 e. The largest absolute Gasteiger partial charge is 0.391 e. The molecule has 5 rings (SSSR count). The molecule has 2 aromatic heterocycles. The van der Waals surface area contributed by atoms with Crippen molar-refractivity contribution < 1.29 is 19.2 Å². The molecule has 2 N–H and O–H groups in total. The molecule has 3 aromatic rings. The van der Waals surface area contributed by atoms with Crippen LogP contribution in [0.1, 0.15) is 55.8 Å². The van der Waals surface area contributed by atoms with E-state index in [1.54, 1.807) is 29.2 Å². The summed E-state index contributed by atoms with van der Waals surface area (Å²) in [5.41, 5.74) is 4.23. The molecule has 0 spiro atoms. The number of hydrogen-bond donors (Lipinski definition) is 2. The number of aryl methyl sites for hydroxylation is 2. The second-order valence-electron chi connectivity index (χ2n) is 10.4. The number of carbonyl (C=O) groups is 2. The van der Waals surface area contributed by atoms with E-state index in [4.69, 9.17) is 4.52 Å². The van der Waals surface area contributed by atoms with E-state index in [1.807, 2.05) is 57.5 Å². The van der Waals surface area contributed by atoms with Crippen molar-refractivity contribution >= 4 is 29.0 Å². The highest BCUT2D eigenvalue weighted by Crippen LogP contribution is 2.35. The lowest BCUT2D eigenvalue weighted by Gasteiger charge is -2.31. The van der Waals surface area contributed by atoms with E-state index in [-0.39, 0.29) is 24.3 Å². The molecule has 194 valence electrons. The summed E-state index contributed by atoms with van der Waals surface area (Å²) >= 11 is 1.58. The van der Waals surface area contributed by atoms with E-state index in [1.165, 1.54) is 0 Å². The number of thiazole rings is 1. The van der Waals surface area contributed by atoms with Crippen molar-refractivity contribution in [3.05, 3.63) is 58.6 Å². The number of aromatic nitrogens is 2. The Balaban J connectivity index is 1.39. The maximum absolute atomic E-state index is 13.8. The van der Waals surface area contributed by atoms with Crippen LogP contribution < -0.4 is 5.32 Å². The van der Waals surface area contributed by atoms with E-state index >= 15 is 0 Å². The van der Waals surface area contributed by atoms with Gasteiger partial charge in [-0.1, -0.05) is 43.3 Å². The first-order valence-corrected chi connectivity index (χ1v) is 13.3. The lowest BCUT2D eigenvalue weighted by Crippen LogP contribution is -2.51. The fourth-order valence-electron chi connectivity index (χ4n) is 5.21. The lowest BCUT2D eigenvalue weighted by atomic mass is 9.90. The van der Waals surface area contributed by atoms with Crippen molar-refractivity contribution in [3.63, 3.8) is 0 Å². The van der Waals surface area contributed by atoms with Crippen LogP contribution in [0.15, 0.2) is 45.4 Å². The number of β-amino-alcohol motifs (C(OH)–C–C–N with tert-alkyl or cyclic N) is 1. The molecule has 0 saturated carbocycles. The fraction of sp³-hybridized carbons (Fsp3) is 0.444. The molecule has 4 unspecified atom stereocenters. The molecule has 4 heterocycles. The Kier molecular flexibility index (Phi) is 6.49. The summed E-state index contributed by atoms with van der Waals surface area (Å²) in [5, 5.41) is 17.8. The van der Waals surface area contributed by atoms with Gasteiger partial charge in [-0.3, -0.25) is 9.59 Å². The van der Waals surface area contributed by atoms with E-state index in [0.29, 0.717) is 23.7 Å². The average Bonchev–Trinajstić information content (AvgIpc) is 3.62. The third-order valence-corrected chi connectivity index (χ3v) is 8.24. The third-order valence-electron chi connectivity index (χ3n) is 7.26. The topological polar surface area (TPSA) is 121 Å². The molecule has 2 aliphatic rings. The maximum atomic E-state index is 13.8. The van der Waals surface area contributed by atoms with Gasteiger partial charge in [-0.25, -0.2) is 4.98 Å². The predicted molar refractivity (Wildman–Crippen MR) is 140 cm³/mol. The zero-order valence-electron chi connectivity index (χ0n) is 21.6. The van der Waals surface area contributed by atoms with Crippen LogP contribution in [0.2, 0.25) is 0 Å². The molecule has 1 fully saturated rings. The van der Waals surface area contributed by atoms with Crippen molar-refractivity contribution in [3.8, 4) is 10.4 Å². The molecule has 1 aromatic carbocycles. The SMILES string of the molecule is Cc1cc(C(C(=O)N2CC(O)CC2C2=NC(=O)C(C)(c3ccc(-c4scnc4C)cc3)N2)C(C)C)on1. The zero-order chi connectivity index (χ0) is 26.5. The number of amidine groups is 1. The Morgan fingerprint density at radius 1 is 1.27 bits per heavy atom. The molecule has 2 aliphatic heterocycles. The van der Waals surface area contributed by atoms with Crippen molar-refractivity contribution in [1.29, 1.82) is 0 Å². The molecule has 9 nitrogen and oxygen atoms in total. The lowest BCUT2D eigenvalue weighted by molar-refractivity contribution is -0.134. The Morgan fingerprint density at radius 2 is 2.00 bits per heavy atom. The van der Waals surface area contributed by atoms with Crippen molar-refractivity contribution in [2.75, 3.05) is 6.54 Å². The normalized spacial score (nSPS) is 24.5. The number of benzene rings is 1. The van der Waals surface area contributed by atoms with Gasteiger partial charge in [-0.05, 0) is 37.8 Å². The molecular formula is C27H31N5O4S. The second kappa shape index (κ2) is 9.50. The highest BCUT2D eigenvalue weighted by atomic mass is 32.1. The molecule has 10 heteroatoms. The number of rotatable bonds is 6. The number of likely N-dealkylation sites (tertiary alicyclic amines) is 1. The number of aliphatic hydroxyl groups excluding tert-OH is 1. The number of aliphatic imine (C=N–C) groups is 1. The molecule has 0 bridgehead atoms. The van der Waals surface area contributed by atoms with Gasteiger partial charge in [-0.2, -0.15) is 4.99 Å². The summed E-state index contributed by atoms with van der Waals surface area (Å²) < 4.78 is 5.44. The van der Waals surface area contributed by atoms with Gasteiger partial charge in [0.15, 0.2) is 0 Å². The van der Waals surface area contributed by atoms with Crippen LogP contribution in [-0.2, 0) is 15.1 Å². The number of amides is 2. The second-order valence-corrected chi connectivity index (χ2v) is 11.2. The van der Waals surface area contributed by atoms with Crippen LogP contribution in [0.3, 0.4) is 0 Å². The van der Waals surface area contributed by atoms with E-state index in [2.05, 4.69) is 20.4 Å². The van der Waals surface area contributed by atoms with Crippen molar-refractivity contribution in [2.45, 2.75) is 64.6 Å². The minimum Gasteiger partial charge on any atom is -0.391 e. The summed E-state index contributed by atoms with van der Waals surface area (Å²) in [6.45, 7) is 9.64. The molecule has 2 amide bonds. The Morgan fingerprint density at radius 3 is 2.59 bits per heavy atom. The first-order chi connectivity index (χ1) is 17.6. The molecular weight excluding hydrogens is 490 g/mol. The molecule has 1 saturated heterocycles. The summed E-state index contributed by atoms with van der Waals surface area (Å²) in [6.07, 6.45) is -0.420. The number of aliphatic hydroxyl groups is 1. The number of nitrogens with one attached hydrogen (secondary N) is 1. The number of carbonyl (C=O) groups excluding carboxylic acids is 2. The highest BCUT2D eigenvalue weighted by molar-refractivity contribution is 7.13. The highest BCUT2D eigenvalue weighted by Gasteiger charge is 2.48. The monoisotopic (exact) mass is 521 g/mol. The van der Waals surface area contributed by atoms with Gasteiger partial charge in [0, 0.05) is 19.0 Å². The quantitative estimate of drug-likeness (QED) is 0.509. The summed E-state index contributed by atoms with van der Waals surface area (Å²) in [6, 6.07) is 9.04.